The number of rotatable bonds is 2. The molecule has 0 aliphatic heterocycles. The molecule has 0 spiro atoms. The lowest BCUT2D eigenvalue weighted by Crippen LogP contribution is -2.32. The van der Waals surface area contributed by atoms with Crippen molar-refractivity contribution in [1.29, 1.82) is 0 Å². The summed E-state index contributed by atoms with van der Waals surface area (Å²) in [5.41, 5.74) is 0. The Hall–Kier alpha value is -1.10. The van der Waals surface area contributed by atoms with Crippen LogP contribution in [0.25, 0.3) is 0 Å². The first-order valence-corrected chi connectivity index (χ1v) is 4.08. The zero-order chi connectivity index (χ0) is 9.14. The Bertz CT molecular complexity index is 182. The highest BCUT2D eigenvalue weighted by molar-refractivity contribution is 5.80. The molecule has 1 saturated carbocycles. The molecule has 0 aromatic rings. The van der Waals surface area contributed by atoms with Crippen molar-refractivity contribution in [1.82, 2.24) is 6.15 Å². The smallest absolute Gasteiger partial charge is 0.307 e. The van der Waals surface area contributed by atoms with Crippen LogP contribution >= 0.6 is 0 Å². The largest absolute Gasteiger partial charge is 0.481 e. The first-order valence-electron chi connectivity index (χ1n) is 4.08. The van der Waals surface area contributed by atoms with Crippen LogP contribution in [0.1, 0.15) is 25.7 Å². The van der Waals surface area contributed by atoms with E-state index in [1.807, 2.05) is 0 Å². The van der Waals surface area contributed by atoms with E-state index in [-0.39, 0.29) is 6.15 Å². The lowest BCUT2D eigenvalue weighted by Gasteiger charge is -2.24. The van der Waals surface area contributed by atoms with Crippen LogP contribution in [-0.2, 0) is 9.59 Å². The number of aliphatic carboxylic acids is 2. The van der Waals surface area contributed by atoms with Crippen molar-refractivity contribution in [3.8, 4) is 0 Å². The predicted molar refractivity (Wildman–Crippen MR) is 45.7 cm³/mol. The molecular formula is C8H15NO4. The fraction of sp³-hybridized carbons (Fsp3) is 0.750. The van der Waals surface area contributed by atoms with Crippen molar-refractivity contribution < 1.29 is 19.8 Å². The second-order valence-corrected chi connectivity index (χ2v) is 3.17. The van der Waals surface area contributed by atoms with E-state index in [9.17, 15) is 9.59 Å². The number of hydrogen-bond donors (Lipinski definition) is 3. The summed E-state index contributed by atoms with van der Waals surface area (Å²) < 4.78 is 0. The molecule has 5 N–H and O–H groups in total. The Kier molecular flexibility index (Phi) is 4.40. The number of hydrogen-bond acceptors (Lipinski definition) is 3. The molecule has 2 unspecified atom stereocenters. The van der Waals surface area contributed by atoms with Crippen LogP contribution in [0.5, 0.6) is 0 Å². The Morgan fingerprint density at radius 2 is 1.23 bits per heavy atom. The van der Waals surface area contributed by atoms with Gasteiger partial charge in [0.2, 0.25) is 0 Å². The average molecular weight is 189 g/mol. The van der Waals surface area contributed by atoms with E-state index in [2.05, 4.69) is 0 Å². The standard InChI is InChI=1S/C8H12O4.H3N/c9-7(10)5-3-1-2-4-6(5)8(11)12;/h5-6H,1-4H2,(H,9,10)(H,11,12);1H3. The number of carboxylic acid groups (broad SMARTS) is 2. The van der Waals surface area contributed by atoms with Gasteiger partial charge in [-0.25, -0.2) is 0 Å². The molecule has 2 atom stereocenters. The molecule has 0 heterocycles. The molecule has 76 valence electrons. The minimum atomic E-state index is -0.970. The average Bonchev–Trinajstić information content (AvgIpc) is 2.04. The van der Waals surface area contributed by atoms with Crippen molar-refractivity contribution in [2.45, 2.75) is 25.7 Å². The van der Waals surface area contributed by atoms with Gasteiger partial charge in [0.25, 0.3) is 0 Å². The maximum absolute atomic E-state index is 10.6. The lowest BCUT2D eigenvalue weighted by atomic mass is 9.79. The summed E-state index contributed by atoms with van der Waals surface area (Å²) in [6.07, 6.45) is 2.68. The highest BCUT2D eigenvalue weighted by atomic mass is 16.4. The molecular weight excluding hydrogens is 174 g/mol. The SMILES string of the molecule is N.O=C(O)C1CCCCC1C(=O)O. The molecule has 5 nitrogen and oxygen atoms in total. The summed E-state index contributed by atoms with van der Waals surface area (Å²) in [5, 5.41) is 17.4. The molecule has 0 aromatic carbocycles. The van der Waals surface area contributed by atoms with Crippen molar-refractivity contribution >= 4 is 11.9 Å². The summed E-state index contributed by atoms with van der Waals surface area (Å²) in [7, 11) is 0. The van der Waals surface area contributed by atoms with Crippen LogP contribution in [0.2, 0.25) is 0 Å². The summed E-state index contributed by atoms with van der Waals surface area (Å²) in [5.74, 6) is -3.28. The van der Waals surface area contributed by atoms with Crippen LogP contribution in [0.4, 0.5) is 0 Å². The van der Waals surface area contributed by atoms with Gasteiger partial charge in [-0.2, -0.15) is 0 Å². The zero-order valence-corrected chi connectivity index (χ0v) is 7.40. The quantitative estimate of drug-likeness (QED) is 0.603. The van der Waals surface area contributed by atoms with Crippen molar-refractivity contribution in [2.75, 3.05) is 0 Å². The normalized spacial score (nSPS) is 27.4. The van der Waals surface area contributed by atoms with Gasteiger partial charge >= 0.3 is 11.9 Å². The van der Waals surface area contributed by atoms with Gasteiger partial charge in [0, 0.05) is 0 Å². The van der Waals surface area contributed by atoms with Crippen LogP contribution in [0, 0.1) is 11.8 Å². The summed E-state index contributed by atoms with van der Waals surface area (Å²) in [4.78, 5) is 21.2. The van der Waals surface area contributed by atoms with E-state index in [1.165, 1.54) is 0 Å². The molecule has 0 aromatic heterocycles. The Morgan fingerprint density at radius 3 is 1.46 bits per heavy atom. The van der Waals surface area contributed by atoms with Crippen LogP contribution < -0.4 is 6.15 Å². The third-order valence-corrected chi connectivity index (χ3v) is 2.40. The molecule has 0 amide bonds. The lowest BCUT2D eigenvalue weighted by molar-refractivity contribution is -0.155. The molecule has 1 aliphatic carbocycles. The molecule has 5 heteroatoms. The van der Waals surface area contributed by atoms with E-state index in [0.717, 1.165) is 12.8 Å². The third-order valence-electron chi connectivity index (χ3n) is 2.40. The van der Waals surface area contributed by atoms with Gasteiger partial charge < -0.3 is 16.4 Å². The van der Waals surface area contributed by atoms with Gasteiger partial charge in [0.1, 0.15) is 0 Å². The Morgan fingerprint density at radius 1 is 0.923 bits per heavy atom. The number of carboxylic acids is 2. The van der Waals surface area contributed by atoms with E-state index >= 15 is 0 Å². The molecule has 13 heavy (non-hydrogen) atoms. The topological polar surface area (TPSA) is 110 Å². The first-order chi connectivity index (χ1) is 5.63. The Balaban J connectivity index is 0.00000144. The molecule has 1 fully saturated rings. The van der Waals surface area contributed by atoms with E-state index in [1.54, 1.807) is 0 Å². The Labute approximate surface area is 76.3 Å². The third kappa shape index (κ3) is 2.69. The fourth-order valence-corrected chi connectivity index (χ4v) is 1.72. The molecule has 0 radical (unpaired) electrons. The summed E-state index contributed by atoms with van der Waals surface area (Å²) in [6, 6.07) is 0. The van der Waals surface area contributed by atoms with E-state index in [4.69, 9.17) is 10.2 Å². The monoisotopic (exact) mass is 189 g/mol. The minimum absolute atomic E-state index is 0. The van der Waals surface area contributed by atoms with Crippen molar-refractivity contribution in [2.24, 2.45) is 11.8 Å². The van der Waals surface area contributed by atoms with Crippen molar-refractivity contribution in [3.63, 3.8) is 0 Å². The van der Waals surface area contributed by atoms with Gasteiger partial charge in [0.15, 0.2) is 0 Å². The molecule has 1 rings (SSSR count). The van der Waals surface area contributed by atoms with Gasteiger partial charge in [0.05, 0.1) is 11.8 Å². The van der Waals surface area contributed by atoms with Gasteiger partial charge in [-0.3, -0.25) is 9.59 Å². The van der Waals surface area contributed by atoms with Gasteiger partial charge in [-0.15, -0.1) is 0 Å². The molecule has 0 bridgehead atoms. The van der Waals surface area contributed by atoms with Crippen LogP contribution in [-0.4, -0.2) is 22.2 Å². The molecule has 1 aliphatic rings. The van der Waals surface area contributed by atoms with Gasteiger partial charge in [-0.05, 0) is 12.8 Å². The highest BCUT2D eigenvalue weighted by Gasteiger charge is 2.35. The summed E-state index contributed by atoms with van der Waals surface area (Å²) in [6.45, 7) is 0. The van der Waals surface area contributed by atoms with E-state index < -0.39 is 23.8 Å². The second-order valence-electron chi connectivity index (χ2n) is 3.17. The van der Waals surface area contributed by atoms with Crippen molar-refractivity contribution in [3.05, 3.63) is 0 Å². The first kappa shape index (κ1) is 11.9. The highest BCUT2D eigenvalue weighted by Crippen LogP contribution is 2.30. The van der Waals surface area contributed by atoms with Gasteiger partial charge in [-0.1, -0.05) is 12.8 Å². The maximum atomic E-state index is 10.6. The summed E-state index contributed by atoms with van der Waals surface area (Å²) >= 11 is 0. The number of carbonyl (C=O) groups is 2. The zero-order valence-electron chi connectivity index (χ0n) is 7.40. The van der Waals surface area contributed by atoms with Crippen LogP contribution in [0.15, 0.2) is 0 Å². The van der Waals surface area contributed by atoms with E-state index in [0.29, 0.717) is 12.8 Å². The minimum Gasteiger partial charge on any atom is -0.481 e. The predicted octanol–water partition coefficient (Wildman–Crippen LogP) is 1.12. The maximum Gasteiger partial charge on any atom is 0.307 e. The fourth-order valence-electron chi connectivity index (χ4n) is 1.72. The molecule has 0 saturated heterocycles. The second kappa shape index (κ2) is 4.81. The van der Waals surface area contributed by atoms with Crippen LogP contribution in [0.3, 0.4) is 0 Å².